The molecule has 4 nitrogen and oxygen atoms in total. The maximum Gasteiger partial charge on any atom is 0.261 e. The highest BCUT2D eigenvalue weighted by atomic mass is 79.9. The van der Waals surface area contributed by atoms with E-state index in [0.29, 0.717) is 5.39 Å². The van der Waals surface area contributed by atoms with Gasteiger partial charge in [-0.1, -0.05) is 28.1 Å². The highest BCUT2D eigenvalue weighted by Crippen LogP contribution is 2.33. The lowest BCUT2D eigenvalue weighted by atomic mass is 10.1. The fourth-order valence-electron chi connectivity index (χ4n) is 3.70. The van der Waals surface area contributed by atoms with Crippen molar-refractivity contribution in [1.29, 1.82) is 0 Å². The minimum absolute atomic E-state index is 0.177. The summed E-state index contributed by atoms with van der Waals surface area (Å²) < 4.78 is 2.92. The van der Waals surface area contributed by atoms with Gasteiger partial charge in [0.15, 0.2) is 0 Å². The van der Waals surface area contributed by atoms with Gasteiger partial charge in [-0.05, 0) is 62.1 Å². The summed E-state index contributed by atoms with van der Waals surface area (Å²) in [5.74, 6) is -0.366. The molecule has 0 bridgehead atoms. The van der Waals surface area contributed by atoms with E-state index in [0.717, 1.165) is 38.8 Å². The van der Waals surface area contributed by atoms with E-state index in [9.17, 15) is 9.59 Å². The summed E-state index contributed by atoms with van der Waals surface area (Å²) in [7, 11) is 0. The van der Waals surface area contributed by atoms with Crippen molar-refractivity contribution >= 4 is 38.4 Å². The van der Waals surface area contributed by atoms with Gasteiger partial charge in [-0.2, -0.15) is 0 Å². The highest BCUT2D eigenvalue weighted by molar-refractivity contribution is 9.10. The molecular weight excluding hydrogens is 392 g/mol. The largest absolute Gasteiger partial charge is 0.343 e. The first kappa shape index (κ1) is 17.0. The molecule has 1 amide bonds. The SMILES string of the molecule is Cc1cccc(NC(=O)c2cn3c4c(cc(Br)cc4c2=O)C[C@@H]3C)c1C. The first-order valence-electron chi connectivity index (χ1n) is 8.61. The van der Waals surface area contributed by atoms with Crippen LogP contribution in [0.15, 0.2) is 45.8 Å². The molecule has 5 heteroatoms. The summed E-state index contributed by atoms with van der Waals surface area (Å²) in [6.45, 7) is 6.06. The van der Waals surface area contributed by atoms with Crippen LogP contribution in [0.2, 0.25) is 0 Å². The second-order valence-corrected chi connectivity index (χ2v) is 7.91. The monoisotopic (exact) mass is 410 g/mol. The quantitative estimate of drug-likeness (QED) is 0.662. The number of nitrogens with one attached hydrogen (secondary N) is 1. The number of amides is 1. The topological polar surface area (TPSA) is 51.1 Å². The number of halogens is 1. The lowest BCUT2D eigenvalue weighted by Crippen LogP contribution is -2.24. The number of pyridine rings is 1. The summed E-state index contributed by atoms with van der Waals surface area (Å²) in [6.07, 6.45) is 2.57. The molecule has 3 aromatic rings. The van der Waals surface area contributed by atoms with Crippen LogP contribution in [0, 0.1) is 13.8 Å². The van der Waals surface area contributed by atoms with E-state index in [1.165, 1.54) is 0 Å². The Bertz CT molecular complexity index is 1130. The molecule has 0 saturated carbocycles. The molecule has 1 aliphatic heterocycles. The Kier molecular flexibility index (Phi) is 3.99. The van der Waals surface area contributed by atoms with Gasteiger partial charge < -0.3 is 9.88 Å². The third kappa shape index (κ3) is 2.58. The Hall–Kier alpha value is -2.40. The van der Waals surface area contributed by atoms with Crippen LogP contribution >= 0.6 is 15.9 Å². The lowest BCUT2D eigenvalue weighted by Gasteiger charge is -2.14. The number of carbonyl (C=O) groups is 1. The molecule has 1 N–H and O–H groups in total. The normalized spacial score (nSPS) is 15.5. The third-order valence-corrected chi connectivity index (χ3v) is 5.71. The fourth-order valence-corrected chi connectivity index (χ4v) is 4.20. The number of aromatic nitrogens is 1. The molecule has 1 aliphatic rings. The van der Waals surface area contributed by atoms with E-state index in [4.69, 9.17) is 0 Å². The van der Waals surface area contributed by atoms with Crippen molar-refractivity contribution in [2.45, 2.75) is 33.2 Å². The first-order valence-corrected chi connectivity index (χ1v) is 9.41. The molecule has 0 spiro atoms. The van der Waals surface area contributed by atoms with Crippen molar-refractivity contribution in [3.05, 3.63) is 73.5 Å². The smallest absolute Gasteiger partial charge is 0.261 e. The van der Waals surface area contributed by atoms with Gasteiger partial charge in [0.1, 0.15) is 5.56 Å². The zero-order valence-electron chi connectivity index (χ0n) is 14.9. The van der Waals surface area contributed by atoms with Gasteiger partial charge in [0.25, 0.3) is 5.91 Å². The van der Waals surface area contributed by atoms with Gasteiger partial charge in [0.05, 0.1) is 5.52 Å². The van der Waals surface area contributed by atoms with Crippen LogP contribution in [0.5, 0.6) is 0 Å². The van der Waals surface area contributed by atoms with Gasteiger partial charge in [0.2, 0.25) is 5.43 Å². The summed E-state index contributed by atoms with van der Waals surface area (Å²) in [5.41, 5.74) is 4.86. The van der Waals surface area contributed by atoms with Gasteiger partial charge in [-0.3, -0.25) is 9.59 Å². The van der Waals surface area contributed by atoms with Crippen LogP contribution in [0.25, 0.3) is 10.9 Å². The summed E-state index contributed by atoms with van der Waals surface area (Å²) in [6, 6.07) is 9.83. The van der Waals surface area contributed by atoms with E-state index in [1.807, 2.05) is 38.1 Å². The first-order chi connectivity index (χ1) is 12.4. The van der Waals surface area contributed by atoms with Crippen molar-refractivity contribution in [1.82, 2.24) is 4.57 Å². The lowest BCUT2D eigenvalue weighted by molar-refractivity contribution is 0.102. The second-order valence-electron chi connectivity index (χ2n) is 6.99. The minimum Gasteiger partial charge on any atom is -0.343 e. The molecule has 0 fully saturated rings. The molecule has 0 saturated heterocycles. The van der Waals surface area contributed by atoms with Crippen LogP contribution in [0.3, 0.4) is 0 Å². The Morgan fingerprint density at radius 1 is 1.27 bits per heavy atom. The number of carbonyl (C=O) groups excluding carboxylic acids is 1. The summed E-state index contributed by atoms with van der Waals surface area (Å²) in [5, 5.41) is 3.50. The maximum atomic E-state index is 13.0. The average molecular weight is 411 g/mol. The molecule has 2 heterocycles. The third-order valence-electron chi connectivity index (χ3n) is 5.26. The van der Waals surface area contributed by atoms with Crippen molar-refractivity contribution in [2.75, 3.05) is 5.32 Å². The zero-order chi connectivity index (χ0) is 18.6. The van der Waals surface area contributed by atoms with Crippen LogP contribution in [0.1, 0.15) is 40.0 Å². The number of anilines is 1. The predicted octanol–water partition coefficient (Wildman–Crippen LogP) is 4.75. The molecule has 26 heavy (non-hydrogen) atoms. The molecule has 0 radical (unpaired) electrons. The molecule has 2 aromatic carbocycles. The maximum absolute atomic E-state index is 13.0. The molecule has 1 atom stereocenters. The number of rotatable bonds is 2. The van der Waals surface area contributed by atoms with Crippen LogP contribution in [-0.2, 0) is 6.42 Å². The molecule has 4 rings (SSSR count). The van der Waals surface area contributed by atoms with E-state index >= 15 is 0 Å². The van der Waals surface area contributed by atoms with Gasteiger partial charge in [0, 0.05) is 27.8 Å². The fraction of sp³-hybridized carbons (Fsp3) is 0.238. The van der Waals surface area contributed by atoms with E-state index in [-0.39, 0.29) is 22.9 Å². The Balaban J connectivity index is 1.86. The molecule has 0 unspecified atom stereocenters. The number of benzene rings is 2. The predicted molar refractivity (Wildman–Crippen MR) is 108 cm³/mol. The number of hydrogen-bond acceptors (Lipinski definition) is 2. The molecule has 0 aliphatic carbocycles. The Morgan fingerprint density at radius 2 is 2.04 bits per heavy atom. The summed E-state index contributed by atoms with van der Waals surface area (Å²) in [4.78, 5) is 25.9. The molecular formula is C21H19BrN2O2. The van der Waals surface area contributed by atoms with Crippen molar-refractivity contribution < 1.29 is 4.79 Å². The average Bonchev–Trinajstić information content (AvgIpc) is 2.90. The number of hydrogen-bond donors (Lipinski definition) is 1. The van der Waals surface area contributed by atoms with E-state index in [2.05, 4.69) is 38.8 Å². The van der Waals surface area contributed by atoms with Crippen LogP contribution < -0.4 is 10.7 Å². The molecule has 132 valence electrons. The van der Waals surface area contributed by atoms with Gasteiger partial charge in [-0.25, -0.2) is 0 Å². The highest BCUT2D eigenvalue weighted by Gasteiger charge is 2.25. The second kappa shape index (κ2) is 6.09. The Morgan fingerprint density at radius 3 is 2.81 bits per heavy atom. The van der Waals surface area contributed by atoms with E-state index < -0.39 is 0 Å². The van der Waals surface area contributed by atoms with Crippen molar-refractivity contribution in [3.8, 4) is 0 Å². The standard InChI is InChI=1S/C21H19BrN2O2/c1-11-5-4-6-18(13(11)3)23-21(26)17-10-24-12(2)7-14-8-15(22)9-16(19(14)24)20(17)25/h4-6,8-10,12H,7H2,1-3H3,(H,23,26)/t12-/m0/s1. The van der Waals surface area contributed by atoms with Crippen molar-refractivity contribution in [2.24, 2.45) is 0 Å². The van der Waals surface area contributed by atoms with Crippen LogP contribution in [0.4, 0.5) is 5.69 Å². The van der Waals surface area contributed by atoms with E-state index in [1.54, 1.807) is 6.20 Å². The Labute approximate surface area is 160 Å². The zero-order valence-corrected chi connectivity index (χ0v) is 16.5. The number of nitrogens with zero attached hydrogens (tertiary/aromatic N) is 1. The number of aryl methyl sites for hydroxylation is 1. The summed E-state index contributed by atoms with van der Waals surface area (Å²) >= 11 is 3.49. The molecule has 1 aromatic heterocycles. The van der Waals surface area contributed by atoms with Crippen molar-refractivity contribution in [3.63, 3.8) is 0 Å². The minimum atomic E-state index is -0.366. The van der Waals surface area contributed by atoms with Gasteiger partial charge in [-0.15, -0.1) is 0 Å². The van der Waals surface area contributed by atoms with Gasteiger partial charge >= 0.3 is 0 Å². The van der Waals surface area contributed by atoms with Crippen LogP contribution in [-0.4, -0.2) is 10.5 Å².